The maximum absolute atomic E-state index is 13.9. The number of aromatic nitrogens is 6. The average Bonchev–Trinajstić information content (AvgIpc) is 3.55. The standard InChI is InChI=1S/C30H30F3N9O5.C2H6/c1-17-20(5-6-22(35-17)30(31,32)33)36-23(44)16-41-18(2)25(28(46)42-29(41)37-26(38-42)19-7-14-47-15-8-19)39-10-12-40(13-11-39)27(45)24-21(43)4-3-9-34-24;1-2/h3-7,9,43H,8,10-16H2,1-2H3,(H,36,44);1-2H3. The Morgan fingerprint density at radius 3 is 2.43 bits per heavy atom. The molecule has 1 fully saturated rings. The number of ether oxygens (including phenoxy) is 1. The van der Waals surface area contributed by atoms with Crippen molar-refractivity contribution < 1.29 is 32.6 Å². The molecule has 14 nitrogen and oxygen atoms in total. The fourth-order valence-corrected chi connectivity index (χ4v) is 5.60. The van der Waals surface area contributed by atoms with Gasteiger partial charge in [-0.15, -0.1) is 5.10 Å². The number of carbonyl (C=O) groups is 2. The minimum Gasteiger partial charge on any atom is -0.505 e. The van der Waals surface area contributed by atoms with E-state index in [0.29, 0.717) is 31.2 Å². The highest BCUT2D eigenvalue weighted by Crippen LogP contribution is 2.29. The molecule has 2 aliphatic heterocycles. The smallest absolute Gasteiger partial charge is 0.433 e. The number of halogens is 3. The predicted molar refractivity (Wildman–Crippen MR) is 173 cm³/mol. The van der Waals surface area contributed by atoms with Gasteiger partial charge in [0.2, 0.25) is 11.7 Å². The number of rotatable bonds is 6. The normalized spacial score (nSPS) is 15.0. The van der Waals surface area contributed by atoms with Gasteiger partial charge in [-0.2, -0.15) is 22.7 Å². The van der Waals surface area contributed by atoms with Gasteiger partial charge in [-0.05, 0) is 50.1 Å². The molecule has 49 heavy (non-hydrogen) atoms. The van der Waals surface area contributed by atoms with Gasteiger partial charge in [0.1, 0.15) is 23.7 Å². The van der Waals surface area contributed by atoms with Crippen molar-refractivity contribution in [2.24, 2.45) is 0 Å². The van der Waals surface area contributed by atoms with E-state index in [2.05, 4.69) is 25.4 Å². The molecule has 2 aliphatic rings. The summed E-state index contributed by atoms with van der Waals surface area (Å²) in [5.41, 5.74) is -0.0812. The maximum Gasteiger partial charge on any atom is 0.433 e. The monoisotopic (exact) mass is 683 g/mol. The Morgan fingerprint density at radius 1 is 1.06 bits per heavy atom. The van der Waals surface area contributed by atoms with E-state index in [0.717, 1.165) is 22.2 Å². The number of hydrogen-bond donors (Lipinski definition) is 2. The van der Waals surface area contributed by atoms with Crippen molar-refractivity contribution in [1.29, 1.82) is 0 Å². The fourth-order valence-electron chi connectivity index (χ4n) is 5.60. The molecule has 260 valence electrons. The van der Waals surface area contributed by atoms with Crippen molar-refractivity contribution in [3.8, 4) is 5.75 Å². The summed E-state index contributed by atoms with van der Waals surface area (Å²) < 4.78 is 47.4. The summed E-state index contributed by atoms with van der Waals surface area (Å²) in [6.07, 6.45) is -0.867. The first kappa shape index (κ1) is 35.0. The SMILES string of the molecule is CC.Cc1nc(C(F)(F)F)ccc1NC(=O)Cn1c(C)c(N2CCN(C(=O)c3ncccc3O)CC2)c(=O)n2nc(C3=CCOCC3)nc12. The van der Waals surface area contributed by atoms with Crippen molar-refractivity contribution in [2.75, 3.05) is 49.6 Å². The molecule has 0 unspecified atom stereocenters. The number of carbonyl (C=O) groups excluding carboxylic acids is 2. The van der Waals surface area contributed by atoms with Crippen LogP contribution >= 0.6 is 0 Å². The molecule has 0 radical (unpaired) electrons. The predicted octanol–water partition coefficient (Wildman–Crippen LogP) is 3.45. The molecule has 0 aliphatic carbocycles. The molecular weight excluding hydrogens is 647 g/mol. The van der Waals surface area contributed by atoms with Gasteiger partial charge in [-0.25, -0.2) is 9.97 Å². The zero-order chi connectivity index (χ0) is 35.5. The van der Waals surface area contributed by atoms with E-state index in [-0.39, 0.29) is 67.0 Å². The van der Waals surface area contributed by atoms with Gasteiger partial charge in [-0.1, -0.05) is 19.9 Å². The van der Waals surface area contributed by atoms with E-state index in [1.807, 2.05) is 19.9 Å². The maximum atomic E-state index is 13.9. The lowest BCUT2D eigenvalue weighted by Crippen LogP contribution is -2.51. The van der Waals surface area contributed by atoms with E-state index < -0.39 is 29.2 Å². The molecule has 6 heterocycles. The van der Waals surface area contributed by atoms with Crippen LogP contribution in [0.5, 0.6) is 5.75 Å². The lowest BCUT2D eigenvalue weighted by atomic mass is 10.1. The fraction of sp³-hybridized carbons (Fsp3) is 0.406. The second-order valence-corrected chi connectivity index (χ2v) is 11.1. The van der Waals surface area contributed by atoms with Crippen molar-refractivity contribution in [1.82, 2.24) is 34.0 Å². The highest BCUT2D eigenvalue weighted by molar-refractivity contribution is 5.95. The van der Waals surface area contributed by atoms with Crippen molar-refractivity contribution >= 4 is 34.5 Å². The van der Waals surface area contributed by atoms with E-state index in [1.165, 1.54) is 34.7 Å². The number of aromatic hydroxyl groups is 1. The topological polar surface area (TPSA) is 160 Å². The van der Waals surface area contributed by atoms with Crippen molar-refractivity contribution in [3.63, 3.8) is 0 Å². The van der Waals surface area contributed by atoms with Gasteiger partial charge in [0.15, 0.2) is 11.5 Å². The zero-order valence-electron chi connectivity index (χ0n) is 27.4. The molecule has 2 N–H and O–H groups in total. The second-order valence-electron chi connectivity index (χ2n) is 11.1. The number of fused-ring (bicyclic) bond motifs is 1. The van der Waals surface area contributed by atoms with Gasteiger partial charge in [0.25, 0.3) is 11.5 Å². The molecule has 0 aromatic carbocycles. The molecule has 1 saturated heterocycles. The summed E-state index contributed by atoms with van der Waals surface area (Å²) in [5, 5.41) is 17.2. The third-order valence-corrected chi connectivity index (χ3v) is 8.05. The summed E-state index contributed by atoms with van der Waals surface area (Å²) in [7, 11) is 0. The lowest BCUT2D eigenvalue weighted by molar-refractivity contribution is -0.141. The number of aryl methyl sites for hydroxylation is 1. The van der Waals surface area contributed by atoms with Crippen LogP contribution in [0.25, 0.3) is 11.4 Å². The van der Waals surface area contributed by atoms with E-state index in [9.17, 15) is 32.7 Å². The first-order valence-electron chi connectivity index (χ1n) is 15.7. The third-order valence-electron chi connectivity index (χ3n) is 8.05. The molecule has 6 rings (SSSR count). The summed E-state index contributed by atoms with van der Waals surface area (Å²) in [6.45, 7) is 8.46. The largest absolute Gasteiger partial charge is 0.505 e. The Bertz CT molecular complexity index is 1960. The van der Waals surface area contributed by atoms with Gasteiger partial charge in [0.05, 0.1) is 24.6 Å². The molecule has 2 amide bonds. The Hall–Kier alpha value is -5.32. The summed E-state index contributed by atoms with van der Waals surface area (Å²) in [4.78, 5) is 55.8. The van der Waals surface area contributed by atoms with Crippen LogP contribution in [0.1, 0.15) is 53.7 Å². The van der Waals surface area contributed by atoms with E-state index in [1.54, 1.807) is 11.8 Å². The van der Waals surface area contributed by atoms with Crippen LogP contribution in [-0.4, -0.2) is 90.3 Å². The Labute approximate surface area is 278 Å². The lowest BCUT2D eigenvalue weighted by Gasteiger charge is -2.36. The number of pyridine rings is 2. The van der Waals surface area contributed by atoms with Gasteiger partial charge in [0, 0.05) is 38.1 Å². The van der Waals surface area contributed by atoms with Crippen LogP contribution in [-0.2, 0) is 22.3 Å². The minimum atomic E-state index is -4.63. The zero-order valence-corrected chi connectivity index (χ0v) is 27.4. The third kappa shape index (κ3) is 7.25. The molecule has 17 heteroatoms. The minimum absolute atomic E-state index is 0.0155. The molecule has 0 bridgehead atoms. The molecule has 4 aromatic heterocycles. The van der Waals surface area contributed by atoms with Crippen molar-refractivity contribution in [2.45, 2.75) is 46.8 Å². The van der Waals surface area contributed by atoms with Crippen LogP contribution in [0.4, 0.5) is 24.5 Å². The molecule has 0 atom stereocenters. The van der Waals surface area contributed by atoms with Crippen molar-refractivity contribution in [3.05, 3.63) is 75.5 Å². The highest BCUT2D eigenvalue weighted by Gasteiger charge is 2.33. The number of alkyl halides is 3. The van der Waals surface area contributed by atoms with Crippen LogP contribution in [0.2, 0.25) is 0 Å². The number of piperazine rings is 1. The molecule has 4 aromatic rings. The van der Waals surface area contributed by atoms with Crippen LogP contribution in [0.15, 0.2) is 41.3 Å². The van der Waals surface area contributed by atoms with Crippen LogP contribution < -0.4 is 15.8 Å². The van der Waals surface area contributed by atoms with Gasteiger partial charge in [-0.3, -0.25) is 14.4 Å². The summed E-state index contributed by atoms with van der Waals surface area (Å²) in [6, 6.07) is 4.83. The quantitative estimate of drug-likeness (QED) is 0.308. The van der Waals surface area contributed by atoms with Gasteiger partial charge < -0.3 is 29.5 Å². The summed E-state index contributed by atoms with van der Waals surface area (Å²) in [5.74, 6) is -0.844. The Kier molecular flexibility index (Phi) is 10.3. The number of nitrogens with zero attached hydrogens (tertiary/aromatic N) is 8. The van der Waals surface area contributed by atoms with E-state index in [4.69, 9.17) is 4.74 Å². The first-order valence-corrected chi connectivity index (χ1v) is 15.7. The Balaban J connectivity index is 0.00000230. The molecular formula is C32H36F3N9O5. The number of amides is 2. The van der Waals surface area contributed by atoms with Crippen LogP contribution in [0.3, 0.4) is 0 Å². The molecule has 0 saturated carbocycles. The van der Waals surface area contributed by atoms with Gasteiger partial charge >= 0.3 is 6.18 Å². The van der Waals surface area contributed by atoms with E-state index >= 15 is 0 Å². The number of anilines is 2. The highest BCUT2D eigenvalue weighted by atomic mass is 19.4. The average molecular weight is 684 g/mol. The van der Waals surface area contributed by atoms with Crippen LogP contribution in [0, 0.1) is 13.8 Å². The molecule has 0 spiro atoms. The Morgan fingerprint density at radius 2 is 1.80 bits per heavy atom. The second kappa shape index (κ2) is 14.4. The number of nitrogens with one attached hydrogen (secondary N) is 1. The first-order chi connectivity index (χ1) is 23.4. The number of hydrogen-bond acceptors (Lipinski definition) is 10. The summed E-state index contributed by atoms with van der Waals surface area (Å²) >= 11 is 0.